The molecule has 0 radical (unpaired) electrons. The normalized spacial score (nSPS) is 15.1. The summed E-state index contributed by atoms with van der Waals surface area (Å²) in [6, 6.07) is 41.4. The second kappa shape index (κ2) is 34.6. The highest BCUT2D eigenvalue weighted by Gasteiger charge is 2.34. The third-order valence-electron chi connectivity index (χ3n) is 15.2. The molecule has 91 heavy (non-hydrogen) atoms. The summed E-state index contributed by atoms with van der Waals surface area (Å²) in [5, 5.41) is 37.6. The molecule has 0 aromatic heterocycles. The maximum Gasteiger partial charge on any atom is 0.488 e. The number of Topliss-reactive ketones (excluding diaryl/α,β-unsaturated/α-hetero) is 1. The van der Waals surface area contributed by atoms with Crippen molar-refractivity contribution in [2.45, 2.75) is 119 Å². The number of hydrogen-bond donors (Lipinski definition) is 5. The van der Waals surface area contributed by atoms with Gasteiger partial charge in [0.25, 0.3) is 10.1 Å². The lowest BCUT2D eigenvalue weighted by Gasteiger charge is -2.22. The Balaban J connectivity index is 0.000000175. The fourth-order valence-electron chi connectivity index (χ4n) is 10.1. The van der Waals surface area contributed by atoms with Gasteiger partial charge in [-0.3, -0.25) is 9.35 Å². The lowest BCUT2D eigenvalue weighted by Crippen LogP contribution is -2.30. The van der Waals surface area contributed by atoms with Gasteiger partial charge in [0.05, 0.1) is 16.1 Å². The van der Waals surface area contributed by atoms with Crippen LogP contribution in [0.5, 0.6) is 0 Å². The van der Waals surface area contributed by atoms with Crippen LogP contribution in [0.3, 0.4) is 0 Å². The lowest BCUT2D eigenvalue weighted by molar-refractivity contribution is -0.117. The maximum absolute atomic E-state index is 13.3. The van der Waals surface area contributed by atoms with Crippen molar-refractivity contribution in [1.29, 1.82) is 0 Å². The van der Waals surface area contributed by atoms with Crippen molar-refractivity contribution in [2.24, 2.45) is 0 Å². The van der Waals surface area contributed by atoms with E-state index in [2.05, 4.69) is 53.9 Å². The van der Waals surface area contributed by atoms with Gasteiger partial charge < -0.3 is 20.3 Å². The largest absolute Gasteiger partial charge is 0.488 e. The van der Waals surface area contributed by atoms with Crippen LogP contribution in [-0.4, -0.2) is 46.1 Å². The molecule has 0 amide bonds. The van der Waals surface area contributed by atoms with Gasteiger partial charge in [-0.25, -0.2) is 39.5 Å². The van der Waals surface area contributed by atoms with Gasteiger partial charge in [-0.2, -0.15) is 8.42 Å². The van der Waals surface area contributed by atoms with E-state index in [0.29, 0.717) is 34.6 Å². The topological polar surface area (TPSA) is 152 Å². The molecule has 8 nitrogen and oxygen atoms in total. The Kier molecular flexibility index (Phi) is 28.1. The molecule has 0 heterocycles. The molecule has 4 aliphatic rings. The Hall–Kier alpha value is -6.21. The van der Waals surface area contributed by atoms with Crippen LogP contribution >= 0.6 is 47.8 Å². The summed E-state index contributed by atoms with van der Waals surface area (Å²) in [6.07, 6.45) is 17.1. The number of halogens is 12. The number of ketones is 1. The summed E-state index contributed by atoms with van der Waals surface area (Å²) in [4.78, 5) is 10.2. The minimum atomic E-state index is -4.02. The van der Waals surface area contributed by atoms with Crippen LogP contribution in [0.4, 0.5) is 39.5 Å². The highest BCUT2D eigenvalue weighted by Crippen LogP contribution is 2.40. The average Bonchev–Trinajstić information content (AvgIpc) is 2.12. The van der Waals surface area contributed by atoms with E-state index in [9.17, 15) is 62.9 Å². The highest BCUT2D eigenvalue weighted by molar-refractivity contribution is 9.11. The van der Waals surface area contributed by atoms with E-state index in [4.69, 9.17) is 14.6 Å². The van der Waals surface area contributed by atoms with E-state index in [1.54, 1.807) is 48.5 Å². The Morgan fingerprint density at radius 2 is 0.758 bits per heavy atom. The van der Waals surface area contributed by atoms with Crippen molar-refractivity contribution >= 4 is 81.8 Å². The average molecular weight is 1480 g/mol. The van der Waals surface area contributed by atoms with E-state index in [1.165, 1.54) is 24.1 Å². The van der Waals surface area contributed by atoms with Crippen molar-refractivity contribution in [2.75, 3.05) is 0 Å². The Morgan fingerprint density at radius 3 is 1.08 bits per heavy atom. The van der Waals surface area contributed by atoms with Gasteiger partial charge in [0.1, 0.15) is 5.78 Å². The first-order valence-electron chi connectivity index (χ1n) is 28.9. The Bertz CT molecular complexity index is 3740. The van der Waals surface area contributed by atoms with Crippen LogP contribution in [0.1, 0.15) is 119 Å². The first-order chi connectivity index (χ1) is 43.0. The zero-order chi connectivity index (χ0) is 66.6. The van der Waals surface area contributed by atoms with Crippen LogP contribution in [0, 0.1) is 59.3 Å². The minimum absolute atomic E-state index is 0.0666. The number of hydrogen-bond acceptors (Lipinski definition) is 7. The quantitative estimate of drug-likeness (QED) is 0.0458. The van der Waals surface area contributed by atoms with Gasteiger partial charge >= 0.3 is 7.12 Å². The zero-order valence-electron chi connectivity index (χ0n) is 49.2. The summed E-state index contributed by atoms with van der Waals surface area (Å²) >= 11 is 10.0. The molecule has 0 bridgehead atoms. The standard InChI is InChI=1S/C17H15F3O.C17H13F3.C11H13BrO.C7H8O3S.C6H4BF3O2.C6H4Br2.C5H8O/c18-14-9-12(10-15(19)16(14)20)11-3-5-13(6-4-11)17(21)7-1-2-8-17;18-15-9-14(10-16(19)17(15)20)13-7-5-12(6-8-13)11-3-1-2-4-11;12-10-5-3-9(4-6-10)11(13)7-1-2-8-11;1-6-2-4-7(5-3-6)11(8,9)10;8-4-1-3(7(11)12)2-5(9)6(4)10;7-5-1-2-6(8)4-3-5;6-5-3-1-2-4-5/h3-6,9-10,21H,1-2,7-8H2;3,5-10H,1-2,4H2;3-6,13H,1-2,7-8H2;2-5H,1H3,(H,8,9,10);1-2,11-12H;1-4H;1-4H2. The van der Waals surface area contributed by atoms with Crippen LogP contribution in [0.2, 0.25) is 0 Å². The maximum atomic E-state index is 13.3. The van der Waals surface area contributed by atoms with Crippen molar-refractivity contribution in [1.82, 2.24) is 0 Å². The number of allylic oxidation sites excluding steroid dienone is 2. The lowest BCUT2D eigenvalue weighted by atomic mass is 9.80. The monoisotopic (exact) mass is 1470 g/mol. The van der Waals surface area contributed by atoms with Gasteiger partial charge in [0.2, 0.25) is 0 Å². The molecule has 3 saturated carbocycles. The van der Waals surface area contributed by atoms with Gasteiger partial charge in [-0.05, 0) is 200 Å². The molecule has 4 aliphatic carbocycles. The minimum Gasteiger partial charge on any atom is -0.423 e. The predicted octanol–water partition coefficient (Wildman–Crippen LogP) is 18.4. The Morgan fingerprint density at radius 1 is 0.429 bits per heavy atom. The van der Waals surface area contributed by atoms with Gasteiger partial charge in [0, 0.05) is 26.3 Å². The molecule has 0 aliphatic heterocycles. The third-order valence-corrected chi connectivity index (χ3v) is 17.6. The van der Waals surface area contributed by atoms with E-state index in [-0.39, 0.29) is 10.5 Å². The molecule has 0 saturated heterocycles. The van der Waals surface area contributed by atoms with Crippen LogP contribution in [-0.2, 0) is 26.1 Å². The first kappa shape index (κ1) is 73.8. The van der Waals surface area contributed by atoms with Crippen LogP contribution in [0.15, 0.2) is 182 Å². The molecule has 0 atom stereocenters. The summed E-state index contributed by atoms with van der Waals surface area (Å²) in [6.45, 7) is 1.84. The Labute approximate surface area is 549 Å². The smallest absolute Gasteiger partial charge is 0.423 e. The van der Waals surface area contributed by atoms with Gasteiger partial charge in [-0.15, -0.1) is 0 Å². The summed E-state index contributed by atoms with van der Waals surface area (Å²) < 4.78 is 149. The first-order valence-corrected chi connectivity index (χ1v) is 32.8. The van der Waals surface area contributed by atoms with E-state index in [0.717, 1.165) is 150 Å². The van der Waals surface area contributed by atoms with Crippen LogP contribution in [0.25, 0.3) is 27.8 Å². The van der Waals surface area contributed by atoms with Gasteiger partial charge in [0.15, 0.2) is 52.4 Å². The second-order valence-electron chi connectivity index (χ2n) is 21.9. The SMILES string of the molecule is Brc1ccc(Br)cc1.Cc1ccc(S(=O)(=O)O)cc1.Fc1cc(-c2ccc(C3=CCCC3)cc2)cc(F)c1F.O=C1CCCC1.OB(O)c1cc(F)c(F)c(F)c1.OC1(c2ccc(-c3cc(F)c(F)c(F)c3)cc2)CCCC1.OC1(c2ccc(Br)cc2)CCCC1. The number of aryl methyl sites for hydroxylation is 1. The zero-order valence-corrected chi connectivity index (χ0v) is 54.8. The molecule has 12 rings (SSSR count). The molecule has 22 heteroatoms. The third kappa shape index (κ3) is 22.5. The van der Waals surface area contributed by atoms with Crippen molar-refractivity contribution in [3.05, 3.63) is 252 Å². The van der Waals surface area contributed by atoms with Crippen molar-refractivity contribution in [3.63, 3.8) is 0 Å². The van der Waals surface area contributed by atoms with E-state index >= 15 is 0 Å². The molecule has 0 spiro atoms. The number of aliphatic hydroxyl groups is 2. The summed E-state index contributed by atoms with van der Waals surface area (Å²) in [5.41, 5.74) is 5.39. The van der Waals surface area contributed by atoms with Crippen LogP contribution < -0.4 is 5.46 Å². The molecular formula is C69H65BBr3F9O8S. The molecule has 8 aromatic carbocycles. The fraction of sp³-hybridized carbons (Fsp3) is 0.261. The summed E-state index contributed by atoms with van der Waals surface area (Å²) in [5.74, 6) is -11.7. The number of benzene rings is 8. The predicted molar refractivity (Wildman–Crippen MR) is 347 cm³/mol. The molecule has 8 aromatic rings. The molecule has 3 fully saturated rings. The van der Waals surface area contributed by atoms with E-state index < -0.39 is 86.3 Å². The van der Waals surface area contributed by atoms with Crippen molar-refractivity contribution in [3.8, 4) is 22.3 Å². The second-order valence-corrected chi connectivity index (χ2v) is 26.1. The molecule has 0 unspecified atom stereocenters. The molecular weight excluding hydrogens is 1410 g/mol. The molecule has 482 valence electrons. The highest BCUT2D eigenvalue weighted by atomic mass is 79.9. The van der Waals surface area contributed by atoms with E-state index in [1.807, 2.05) is 67.6 Å². The van der Waals surface area contributed by atoms with Crippen molar-refractivity contribution < 1.29 is 77.5 Å². The van der Waals surface area contributed by atoms with Gasteiger partial charge in [-0.1, -0.05) is 158 Å². The number of rotatable bonds is 7. The number of carbonyl (C=O) groups is 1. The number of carbonyl (C=O) groups excluding carboxylic acids is 1. The fourth-order valence-corrected chi connectivity index (χ4v) is 11.4. The summed E-state index contributed by atoms with van der Waals surface area (Å²) in [7, 11) is -6.02. The molecule has 5 N–H and O–H groups in total.